The molecule has 1 aliphatic heterocycles. The van der Waals surface area contributed by atoms with Gasteiger partial charge in [-0.05, 0) is 25.3 Å². The molecule has 16 heavy (non-hydrogen) atoms. The van der Waals surface area contributed by atoms with Gasteiger partial charge < -0.3 is 10.6 Å². The molecule has 0 atom stereocenters. The van der Waals surface area contributed by atoms with Crippen LogP contribution in [0, 0.1) is 0 Å². The molecule has 0 bridgehead atoms. The number of amides is 1. The maximum atomic E-state index is 11.3. The minimum atomic E-state index is -0.733. The fourth-order valence-electron chi connectivity index (χ4n) is 1.99. The van der Waals surface area contributed by atoms with Gasteiger partial charge in [0, 0.05) is 25.4 Å². The second kappa shape index (κ2) is 4.38. The highest BCUT2D eigenvalue weighted by molar-refractivity contribution is 5.75. The first-order valence-electron chi connectivity index (χ1n) is 5.46. The third-order valence-corrected chi connectivity index (χ3v) is 2.85. The second-order valence-electron chi connectivity index (χ2n) is 3.98. The van der Waals surface area contributed by atoms with E-state index in [1.54, 1.807) is 6.07 Å². The minimum Gasteiger partial charge on any atom is -0.370 e. The van der Waals surface area contributed by atoms with Crippen molar-refractivity contribution in [3.8, 4) is 0 Å². The zero-order valence-corrected chi connectivity index (χ0v) is 9.06. The van der Waals surface area contributed by atoms with Crippen LogP contribution in [0.1, 0.15) is 19.3 Å². The second-order valence-corrected chi connectivity index (χ2v) is 3.98. The number of nitrogens with zero attached hydrogens (tertiary/aromatic N) is 2. The first-order chi connectivity index (χ1) is 7.68. The maximum Gasteiger partial charge on any atom is 0.325 e. The van der Waals surface area contributed by atoms with E-state index in [-0.39, 0.29) is 5.56 Å². The fourth-order valence-corrected chi connectivity index (χ4v) is 1.99. The molecule has 0 saturated carbocycles. The SMILES string of the molecule is NC(=O)n1cc(N2CCCCC2)ccc1=O. The highest BCUT2D eigenvalue weighted by atomic mass is 16.2. The molecule has 1 saturated heterocycles. The quantitative estimate of drug-likeness (QED) is 0.761. The lowest BCUT2D eigenvalue weighted by Gasteiger charge is -2.28. The van der Waals surface area contributed by atoms with Crippen LogP contribution in [-0.4, -0.2) is 23.7 Å². The molecule has 2 N–H and O–H groups in total. The van der Waals surface area contributed by atoms with Crippen LogP contribution in [-0.2, 0) is 0 Å². The Morgan fingerprint density at radius 3 is 2.50 bits per heavy atom. The summed E-state index contributed by atoms with van der Waals surface area (Å²) in [6.45, 7) is 1.94. The molecule has 5 nitrogen and oxygen atoms in total. The van der Waals surface area contributed by atoms with Gasteiger partial charge in [0.25, 0.3) is 5.56 Å². The number of primary amides is 1. The number of piperidine rings is 1. The molecular formula is C11H15N3O2. The van der Waals surface area contributed by atoms with Crippen molar-refractivity contribution in [1.29, 1.82) is 0 Å². The highest BCUT2D eigenvalue weighted by Crippen LogP contribution is 2.17. The molecular weight excluding hydrogens is 206 g/mol. The predicted molar refractivity (Wildman–Crippen MR) is 61.7 cm³/mol. The van der Waals surface area contributed by atoms with E-state index in [0.29, 0.717) is 0 Å². The van der Waals surface area contributed by atoms with Crippen molar-refractivity contribution in [2.45, 2.75) is 19.3 Å². The van der Waals surface area contributed by atoms with Crippen molar-refractivity contribution >= 4 is 11.7 Å². The van der Waals surface area contributed by atoms with Crippen LogP contribution in [0.4, 0.5) is 10.5 Å². The van der Waals surface area contributed by atoms with E-state index in [1.807, 2.05) is 0 Å². The smallest absolute Gasteiger partial charge is 0.325 e. The Bertz CT molecular complexity index is 447. The molecule has 1 aromatic heterocycles. The summed E-state index contributed by atoms with van der Waals surface area (Å²) in [5, 5.41) is 0. The molecule has 2 rings (SSSR count). The zero-order valence-electron chi connectivity index (χ0n) is 9.06. The molecule has 86 valence electrons. The first kappa shape index (κ1) is 10.7. The number of carbonyl (C=O) groups excluding carboxylic acids is 1. The van der Waals surface area contributed by atoms with E-state index >= 15 is 0 Å². The number of hydrogen-bond acceptors (Lipinski definition) is 3. The van der Waals surface area contributed by atoms with Crippen molar-refractivity contribution in [2.24, 2.45) is 5.73 Å². The summed E-state index contributed by atoms with van der Waals surface area (Å²) in [5.41, 5.74) is 5.62. The molecule has 0 aromatic carbocycles. The van der Waals surface area contributed by atoms with E-state index in [9.17, 15) is 9.59 Å². The molecule has 2 heterocycles. The number of anilines is 1. The standard InChI is InChI=1S/C11H15N3O2/c12-11(16)14-8-9(4-5-10(14)15)13-6-2-1-3-7-13/h4-5,8H,1-3,6-7H2,(H2,12,16). The molecule has 1 amide bonds. The maximum absolute atomic E-state index is 11.3. The van der Waals surface area contributed by atoms with Gasteiger partial charge in [-0.2, -0.15) is 0 Å². The summed E-state index contributed by atoms with van der Waals surface area (Å²) in [4.78, 5) is 24.5. The average molecular weight is 221 g/mol. The van der Waals surface area contributed by atoms with Gasteiger partial charge in [0.05, 0.1) is 5.69 Å². The lowest BCUT2D eigenvalue weighted by Crippen LogP contribution is -2.34. The highest BCUT2D eigenvalue weighted by Gasteiger charge is 2.12. The van der Waals surface area contributed by atoms with Gasteiger partial charge in [0.15, 0.2) is 0 Å². The van der Waals surface area contributed by atoms with Crippen LogP contribution in [0.15, 0.2) is 23.1 Å². The van der Waals surface area contributed by atoms with E-state index in [0.717, 1.165) is 36.2 Å². The molecule has 1 fully saturated rings. The summed E-state index contributed by atoms with van der Waals surface area (Å²) in [6, 6.07) is 2.39. The molecule has 1 aliphatic rings. The Morgan fingerprint density at radius 1 is 1.19 bits per heavy atom. The van der Waals surface area contributed by atoms with Crippen molar-refractivity contribution in [3.63, 3.8) is 0 Å². The minimum absolute atomic E-state index is 0.381. The summed E-state index contributed by atoms with van der Waals surface area (Å²) in [5.74, 6) is 0. The van der Waals surface area contributed by atoms with E-state index in [4.69, 9.17) is 5.73 Å². The Morgan fingerprint density at radius 2 is 1.88 bits per heavy atom. The Kier molecular flexibility index (Phi) is 2.94. The summed E-state index contributed by atoms with van der Waals surface area (Å²) < 4.78 is 0.948. The van der Waals surface area contributed by atoms with Crippen LogP contribution in [0.3, 0.4) is 0 Å². The zero-order chi connectivity index (χ0) is 11.5. The molecule has 1 aromatic rings. The number of hydrogen-bond donors (Lipinski definition) is 1. The van der Waals surface area contributed by atoms with Gasteiger partial charge in [-0.25, -0.2) is 9.36 Å². The third-order valence-electron chi connectivity index (χ3n) is 2.85. The van der Waals surface area contributed by atoms with E-state index < -0.39 is 6.03 Å². The number of aromatic nitrogens is 1. The topological polar surface area (TPSA) is 68.3 Å². The predicted octanol–water partition coefficient (Wildman–Crippen LogP) is 0.765. The summed E-state index contributed by atoms with van der Waals surface area (Å²) in [7, 11) is 0. The van der Waals surface area contributed by atoms with Crippen LogP contribution < -0.4 is 16.2 Å². The summed E-state index contributed by atoms with van der Waals surface area (Å²) >= 11 is 0. The molecule has 5 heteroatoms. The molecule has 0 radical (unpaired) electrons. The van der Waals surface area contributed by atoms with Crippen molar-refractivity contribution in [1.82, 2.24) is 4.57 Å². The number of rotatable bonds is 1. The number of carbonyl (C=O) groups is 1. The average Bonchev–Trinajstić information content (AvgIpc) is 2.30. The number of pyridine rings is 1. The van der Waals surface area contributed by atoms with Crippen molar-refractivity contribution < 1.29 is 4.79 Å². The Labute approximate surface area is 93.5 Å². The van der Waals surface area contributed by atoms with Crippen molar-refractivity contribution in [2.75, 3.05) is 18.0 Å². The first-order valence-corrected chi connectivity index (χ1v) is 5.46. The third kappa shape index (κ3) is 2.08. The van der Waals surface area contributed by atoms with Gasteiger partial charge in [-0.15, -0.1) is 0 Å². The van der Waals surface area contributed by atoms with Crippen molar-refractivity contribution in [3.05, 3.63) is 28.7 Å². The van der Waals surface area contributed by atoms with E-state index in [1.165, 1.54) is 18.7 Å². The van der Waals surface area contributed by atoms with Gasteiger partial charge in [-0.3, -0.25) is 4.79 Å². The fraction of sp³-hybridized carbons (Fsp3) is 0.455. The molecule has 0 aliphatic carbocycles. The van der Waals surface area contributed by atoms with Crippen LogP contribution in [0.25, 0.3) is 0 Å². The van der Waals surface area contributed by atoms with Gasteiger partial charge in [0.1, 0.15) is 0 Å². The molecule has 0 spiro atoms. The van der Waals surface area contributed by atoms with Crippen LogP contribution >= 0.6 is 0 Å². The monoisotopic (exact) mass is 221 g/mol. The van der Waals surface area contributed by atoms with Gasteiger partial charge in [0.2, 0.25) is 0 Å². The van der Waals surface area contributed by atoms with Crippen LogP contribution in [0.2, 0.25) is 0 Å². The number of nitrogens with two attached hydrogens (primary N) is 1. The van der Waals surface area contributed by atoms with Gasteiger partial charge >= 0.3 is 6.03 Å². The Balaban J connectivity index is 2.31. The lowest BCUT2D eigenvalue weighted by molar-refractivity contribution is 0.249. The largest absolute Gasteiger partial charge is 0.370 e. The molecule has 0 unspecified atom stereocenters. The van der Waals surface area contributed by atoms with Gasteiger partial charge in [-0.1, -0.05) is 0 Å². The van der Waals surface area contributed by atoms with Crippen LogP contribution in [0.5, 0.6) is 0 Å². The summed E-state index contributed by atoms with van der Waals surface area (Å²) in [6.07, 6.45) is 5.06. The van der Waals surface area contributed by atoms with E-state index in [2.05, 4.69) is 4.90 Å². The Hall–Kier alpha value is -1.78. The normalized spacial score (nSPS) is 16.1. The lowest BCUT2D eigenvalue weighted by atomic mass is 10.1.